The van der Waals surface area contributed by atoms with Crippen molar-refractivity contribution < 1.29 is 9.13 Å². The van der Waals surface area contributed by atoms with Crippen molar-refractivity contribution in [2.45, 2.75) is 6.61 Å². The van der Waals surface area contributed by atoms with Gasteiger partial charge in [0.05, 0.1) is 16.7 Å². The Morgan fingerprint density at radius 1 is 1.26 bits per heavy atom. The van der Waals surface area contributed by atoms with Crippen LogP contribution in [0.1, 0.15) is 11.1 Å². The molecule has 0 aliphatic heterocycles. The molecule has 19 heavy (non-hydrogen) atoms. The van der Waals surface area contributed by atoms with Crippen molar-refractivity contribution in [2.24, 2.45) is 0 Å². The van der Waals surface area contributed by atoms with Crippen LogP contribution in [0.5, 0.6) is 5.75 Å². The summed E-state index contributed by atoms with van der Waals surface area (Å²) in [6.45, 7) is 0.147. The highest BCUT2D eigenvalue weighted by molar-refractivity contribution is 9.10. The third-order valence-electron chi connectivity index (χ3n) is 2.37. The number of halogens is 3. The lowest BCUT2D eigenvalue weighted by Crippen LogP contribution is -1.97. The molecule has 0 radical (unpaired) electrons. The summed E-state index contributed by atoms with van der Waals surface area (Å²) in [7, 11) is 0. The average molecular weight is 341 g/mol. The summed E-state index contributed by atoms with van der Waals surface area (Å²) in [5, 5.41) is 9.23. The van der Waals surface area contributed by atoms with Gasteiger partial charge in [0.2, 0.25) is 0 Å². The maximum Gasteiger partial charge on any atom is 0.138 e. The summed E-state index contributed by atoms with van der Waals surface area (Å²) in [5.41, 5.74) is 0.844. The Bertz CT molecular complexity index is 654. The summed E-state index contributed by atoms with van der Waals surface area (Å²) >= 11 is 9.30. The molecule has 0 saturated heterocycles. The molecule has 0 aliphatic rings. The summed E-state index contributed by atoms with van der Waals surface area (Å²) < 4.78 is 19.6. The molecule has 0 bridgehead atoms. The number of ether oxygens (including phenoxy) is 1. The highest BCUT2D eigenvalue weighted by atomic mass is 79.9. The van der Waals surface area contributed by atoms with Crippen molar-refractivity contribution in [3.8, 4) is 11.8 Å². The lowest BCUT2D eigenvalue weighted by atomic mass is 10.1. The van der Waals surface area contributed by atoms with Gasteiger partial charge in [0.1, 0.15) is 18.2 Å². The Hall–Kier alpha value is -1.57. The number of rotatable bonds is 3. The van der Waals surface area contributed by atoms with E-state index in [1.165, 1.54) is 12.1 Å². The molecular formula is C14H8BrClFNO. The molecule has 0 unspecified atom stereocenters. The van der Waals surface area contributed by atoms with Gasteiger partial charge in [0.15, 0.2) is 0 Å². The first kappa shape index (κ1) is 13.9. The van der Waals surface area contributed by atoms with Crippen LogP contribution in [0, 0.1) is 17.1 Å². The fourth-order valence-electron chi connectivity index (χ4n) is 1.55. The Labute approximate surface area is 123 Å². The first-order chi connectivity index (χ1) is 9.08. The van der Waals surface area contributed by atoms with E-state index < -0.39 is 5.82 Å². The third-order valence-corrected chi connectivity index (χ3v) is 3.16. The first-order valence-corrected chi connectivity index (χ1v) is 6.53. The number of nitrogens with zero attached hydrogens (tertiary/aromatic N) is 1. The number of nitriles is 1. The van der Waals surface area contributed by atoms with Gasteiger partial charge < -0.3 is 4.74 Å². The predicted molar refractivity (Wildman–Crippen MR) is 74.6 cm³/mol. The van der Waals surface area contributed by atoms with Crippen LogP contribution < -0.4 is 4.74 Å². The number of hydrogen-bond donors (Lipinski definition) is 0. The lowest BCUT2D eigenvalue weighted by molar-refractivity contribution is 0.305. The molecule has 96 valence electrons. The zero-order valence-corrected chi connectivity index (χ0v) is 12.0. The van der Waals surface area contributed by atoms with E-state index in [1.807, 2.05) is 6.07 Å². The van der Waals surface area contributed by atoms with Gasteiger partial charge in [-0.3, -0.25) is 0 Å². The van der Waals surface area contributed by atoms with Crippen molar-refractivity contribution >= 4 is 27.5 Å². The molecular weight excluding hydrogens is 333 g/mol. The van der Waals surface area contributed by atoms with Gasteiger partial charge >= 0.3 is 0 Å². The minimum absolute atomic E-state index is 0.147. The smallest absolute Gasteiger partial charge is 0.138 e. The van der Waals surface area contributed by atoms with Crippen molar-refractivity contribution in [1.29, 1.82) is 5.26 Å². The molecule has 2 rings (SSSR count). The summed E-state index contributed by atoms with van der Waals surface area (Å²) in [6, 6.07) is 11.2. The molecule has 0 fully saturated rings. The van der Waals surface area contributed by atoms with E-state index in [9.17, 15) is 4.39 Å². The quantitative estimate of drug-likeness (QED) is 0.812. The van der Waals surface area contributed by atoms with Gasteiger partial charge in [-0.15, -0.1) is 0 Å². The maximum atomic E-state index is 13.2. The van der Waals surface area contributed by atoms with E-state index >= 15 is 0 Å². The normalized spacial score (nSPS) is 10.0. The zero-order chi connectivity index (χ0) is 13.8. The second-order valence-corrected chi connectivity index (χ2v) is 5.15. The standard InChI is InChI=1S/C14H8BrClFNO/c15-11-1-2-14(13(16)6-11)19-8-10-3-9(7-18)4-12(17)5-10/h1-6H,8H2. The van der Waals surface area contributed by atoms with Crippen molar-refractivity contribution in [3.05, 3.63) is 62.8 Å². The summed E-state index contributed by atoms with van der Waals surface area (Å²) in [6.07, 6.45) is 0. The van der Waals surface area contributed by atoms with Crippen LogP contribution in [-0.2, 0) is 6.61 Å². The Morgan fingerprint density at radius 3 is 2.74 bits per heavy atom. The van der Waals surface area contributed by atoms with E-state index in [4.69, 9.17) is 21.6 Å². The fourth-order valence-corrected chi connectivity index (χ4v) is 2.28. The van der Waals surface area contributed by atoms with Gasteiger partial charge in [0, 0.05) is 4.47 Å². The zero-order valence-electron chi connectivity index (χ0n) is 9.66. The highest BCUT2D eigenvalue weighted by Gasteiger charge is 2.05. The number of benzene rings is 2. The molecule has 0 N–H and O–H groups in total. The van der Waals surface area contributed by atoms with Crippen LogP contribution in [-0.4, -0.2) is 0 Å². The van der Waals surface area contributed by atoms with E-state index in [2.05, 4.69) is 15.9 Å². The van der Waals surface area contributed by atoms with Crippen molar-refractivity contribution in [1.82, 2.24) is 0 Å². The minimum atomic E-state index is -0.459. The maximum absolute atomic E-state index is 13.2. The molecule has 0 spiro atoms. The van der Waals surface area contributed by atoms with Crippen LogP contribution in [0.2, 0.25) is 5.02 Å². The molecule has 0 aromatic heterocycles. The van der Waals surface area contributed by atoms with Crippen molar-refractivity contribution in [2.75, 3.05) is 0 Å². The number of hydrogen-bond acceptors (Lipinski definition) is 2. The van der Waals surface area contributed by atoms with E-state index in [1.54, 1.807) is 24.3 Å². The molecule has 2 aromatic carbocycles. The van der Waals surface area contributed by atoms with Crippen molar-refractivity contribution in [3.63, 3.8) is 0 Å². The topological polar surface area (TPSA) is 33.0 Å². The largest absolute Gasteiger partial charge is 0.487 e. The average Bonchev–Trinajstić information content (AvgIpc) is 2.37. The summed E-state index contributed by atoms with van der Waals surface area (Å²) in [4.78, 5) is 0. The predicted octanol–water partition coefficient (Wildman–Crippen LogP) is 4.69. The SMILES string of the molecule is N#Cc1cc(F)cc(COc2ccc(Br)cc2Cl)c1. The van der Waals surface area contributed by atoms with Crippen LogP contribution in [0.15, 0.2) is 40.9 Å². The van der Waals surface area contributed by atoms with E-state index in [0.29, 0.717) is 16.3 Å². The Kier molecular flexibility index (Phi) is 4.41. The van der Waals surface area contributed by atoms with E-state index in [0.717, 1.165) is 4.47 Å². The second kappa shape index (κ2) is 6.05. The highest BCUT2D eigenvalue weighted by Crippen LogP contribution is 2.28. The second-order valence-electron chi connectivity index (χ2n) is 3.82. The summed E-state index contributed by atoms with van der Waals surface area (Å²) in [5.74, 6) is 0.0483. The Morgan fingerprint density at radius 2 is 2.05 bits per heavy atom. The van der Waals surface area contributed by atoms with Gasteiger partial charge in [0.25, 0.3) is 0 Å². The lowest BCUT2D eigenvalue weighted by Gasteiger charge is -2.08. The van der Waals surface area contributed by atoms with Crippen LogP contribution in [0.4, 0.5) is 4.39 Å². The van der Waals surface area contributed by atoms with E-state index in [-0.39, 0.29) is 12.2 Å². The molecule has 2 nitrogen and oxygen atoms in total. The third kappa shape index (κ3) is 3.69. The molecule has 0 heterocycles. The fraction of sp³-hybridized carbons (Fsp3) is 0.0714. The van der Waals surface area contributed by atoms with Gasteiger partial charge in [-0.25, -0.2) is 4.39 Å². The van der Waals surface area contributed by atoms with Crippen LogP contribution in [0.25, 0.3) is 0 Å². The minimum Gasteiger partial charge on any atom is -0.487 e. The van der Waals surface area contributed by atoms with Gasteiger partial charge in [-0.2, -0.15) is 5.26 Å². The first-order valence-electron chi connectivity index (χ1n) is 5.36. The van der Waals surface area contributed by atoms with Gasteiger partial charge in [-0.05, 0) is 42.0 Å². The van der Waals surface area contributed by atoms with Gasteiger partial charge in [-0.1, -0.05) is 27.5 Å². The molecule has 5 heteroatoms. The van der Waals surface area contributed by atoms with Crippen LogP contribution in [0.3, 0.4) is 0 Å². The van der Waals surface area contributed by atoms with Crippen LogP contribution >= 0.6 is 27.5 Å². The Balaban J connectivity index is 2.14. The molecule has 0 amide bonds. The monoisotopic (exact) mass is 339 g/mol. The molecule has 0 atom stereocenters. The molecule has 0 aliphatic carbocycles. The molecule has 2 aromatic rings. The molecule has 0 saturated carbocycles.